The van der Waals surface area contributed by atoms with Gasteiger partial charge in [-0.05, 0) is 35.1 Å². The smallest absolute Gasteiger partial charge is 0.410 e. The van der Waals surface area contributed by atoms with Gasteiger partial charge in [0, 0.05) is 31.8 Å². The number of hydrogen-bond acceptors (Lipinski definition) is 4. The first-order chi connectivity index (χ1) is 15.5. The number of amides is 2. The largest absolute Gasteiger partial charge is 0.480 e. The first-order valence-corrected chi connectivity index (χ1v) is 11.2. The van der Waals surface area contributed by atoms with Crippen molar-refractivity contribution in [3.05, 3.63) is 59.7 Å². The van der Waals surface area contributed by atoms with Crippen LogP contribution in [0.1, 0.15) is 42.7 Å². The molecule has 32 heavy (non-hydrogen) atoms. The maximum atomic E-state index is 13.0. The van der Waals surface area contributed by atoms with Gasteiger partial charge in [-0.2, -0.15) is 0 Å². The van der Waals surface area contributed by atoms with Gasteiger partial charge in [0.15, 0.2) is 0 Å². The normalized spacial score (nSPS) is 22.6. The summed E-state index contributed by atoms with van der Waals surface area (Å²) in [5.74, 6) is -1.11. The molecule has 0 spiro atoms. The van der Waals surface area contributed by atoms with Crippen molar-refractivity contribution in [3.8, 4) is 11.1 Å². The van der Waals surface area contributed by atoms with Crippen molar-refractivity contribution in [2.75, 3.05) is 19.7 Å². The second-order valence-electron chi connectivity index (χ2n) is 8.74. The summed E-state index contributed by atoms with van der Waals surface area (Å²) in [6, 6.07) is 14.9. The molecule has 0 saturated carbocycles. The van der Waals surface area contributed by atoms with Crippen LogP contribution >= 0.6 is 0 Å². The topological polar surface area (TPSA) is 87.2 Å². The molecule has 166 valence electrons. The highest BCUT2D eigenvalue weighted by atomic mass is 16.6. The summed E-state index contributed by atoms with van der Waals surface area (Å²) in [5.41, 5.74) is 4.49. The second kappa shape index (κ2) is 8.30. The number of hydrogen-bond donors (Lipinski definition) is 1. The zero-order valence-electron chi connectivity index (χ0n) is 17.8. The summed E-state index contributed by atoms with van der Waals surface area (Å²) in [4.78, 5) is 40.2. The van der Waals surface area contributed by atoms with E-state index in [1.54, 1.807) is 4.90 Å². The van der Waals surface area contributed by atoms with E-state index in [1.807, 2.05) is 36.4 Å². The lowest BCUT2D eigenvalue weighted by Crippen LogP contribution is -2.45. The van der Waals surface area contributed by atoms with Crippen molar-refractivity contribution in [1.29, 1.82) is 0 Å². The first-order valence-electron chi connectivity index (χ1n) is 11.2. The van der Waals surface area contributed by atoms with Gasteiger partial charge in [0.2, 0.25) is 5.91 Å². The van der Waals surface area contributed by atoms with E-state index >= 15 is 0 Å². The predicted molar refractivity (Wildman–Crippen MR) is 117 cm³/mol. The van der Waals surface area contributed by atoms with Crippen LogP contribution in [0.25, 0.3) is 11.1 Å². The zero-order chi connectivity index (χ0) is 22.2. The number of rotatable bonds is 4. The van der Waals surface area contributed by atoms with E-state index < -0.39 is 18.1 Å². The maximum absolute atomic E-state index is 13.0. The van der Waals surface area contributed by atoms with Crippen LogP contribution in [0.4, 0.5) is 4.79 Å². The molecule has 0 bridgehead atoms. The van der Waals surface area contributed by atoms with Crippen LogP contribution in [0.3, 0.4) is 0 Å². The third-order valence-electron chi connectivity index (χ3n) is 6.94. The van der Waals surface area contributed by atoms with Crippen LogP contribution in [0, 0.1) is 0 Å². The molecular formula is C25H26N2O5. The predicted octanol–water partition coefficient (Wildman–Crippen LogP) is 3.48. The number of nitrogens with zero attached hydrogens (tertiary/aromatic N) is 2. The molecule has 0 aromatic heterocycles. The number of carboxylic acids is 1. The average molecular weight is 434 g/mol. The minimum atomic E-state index is -1.06. The molecule has 1 N–H and O–H groups in total. The van der Waals surface area contributed by atoms with Gasteiger partial charge in [-0.25, -0.2) is 9.59 Å². The quantitative estimate of drug-likeness (QED) is 0.796. The molecule has 2 fully saturated rings. The Hall–Kier alpha value is -3.35. The van der Waals surface area contributed by atoms with Crippen LogP contribution in [0.15, 0.2) is 48.5 Å². The number of likely N-dealkylation sites (tertiary alicyclic amines) is 2. The summed E-state index contributed by atoms with van der Waals surface area (Å²) >= 11 is 0. The van der Waals surface area contributed by atoms with Gasteiger partial charge in [-0.15, -0.1) is 0 Å². The number of carbonyl (C=O) groups excluding carboxylic acids is 2. The standard InChI is InChI=1S/C25H26N2O5/c28-23-11-5-6-12-26(23)16-13-22(24(29)30)27(14-16)25(31)32-15-21-19-9-3-1-7-17(19)18-8-2-4-10-20(18)21/h1-4,7-10,16,21-22H,5-6,11-15H2,(H,29,30). The molecule has 2 amide bonds. The Morgan fingerprint density at radius 2 is 1.66 bits per heavy atom. The Bertz CT molecular complexity index is 1020. The van der Waals surface area contributed by atoms with Crippen molar-refractivity contribution < 1.29 is 24.2 Å². The van der Waals surface area contributed by atoms with Crippen molar-refractivity contribution in [2.24, 2.45) is 0 Å². The number of fused-ring (bicyclic) bond motifs is 3. The Labute approximate surface area is 186 Å². The molecule has 5 rings (SSSR count). The van der Waals surface area contributed by atoms with Crippen LogP contribution in [-0.2, 0) is 14.3 Å². The lowest BCUT2D eigenvalue weighted by molar-refractivity contribution is -0.142. The van der Waals surface area contributed by atoms with Crippen LogP contribution < -0.4 is 0 Å². The van der Waals surface area contributed by atoms with Gasteiger partial charge in [0.1, 0.15) is 12.6 Å². The highest BCUT2D eigenvalue weighted by Crippen LogP contribution is 2.44. The molecule has 7 nitrogen and oxygen atoms in total. The van der Waals surface area contributed by atoms with Crippen molar-refractivity contribution in [2.45, 2.75) is 43.7 Å². The van der Waals surface area contributed by atoms with Crippen LogP contribution in [0.2, 0.25) is 0 Å². The van der Waals surface area contributed by atoms with Crippen molar-refractivity contribution in [1.82, 2.24) is 9.80 Å². The van der Waals surface area contributed by atoms with E-state index in [0.29, 0.717) is 13.0 Å². The Balaban J connectivity index is 1.31. The molecule has 2 atom stereocenters. The van der Waals surface area contributed by atoms with E-state index in [0.717, 1.165) is 35.1 Å². The Morgan fingerprint density at radius 1 is 1.00 bits per heavy atom. The van der Waals surface area contributed by atoms with Crippen molar-refractivity contribution >= 4 is 18.0 Å². The third-order valence-corrected chi connectivity index (χ3v) is 6.94. The van der Waals surface area contributed by atoms with Gasteiger partial charge < -0.3 is 14.7 Å². The van der Waals surface area contributed by atoms with Crippen molar-refractivity contribution in [3.63, 3.8) is 0 Å². The molecular weight excluding hydrogens is 408 g/mol. The molecule has 1 aliphatic carbocycles. The highest BCUT2D eigenvalue weighted by molar-refractivity contribution is 5.83. The lowest BCUT2D eigenvalue weighted by atomic mass is 9.98. The van der Waals surface area contributed by atoms with Crippen LogP contribution in [0.5, 0.6) is 0 Å². The van der Waals surface area contributed by atoms with Gasteiger partial charge >= 0.3 is 12.1 Å². The monoisotopic (exact) mass is 434 g/mol. The summed E-state index contributed by atoms with van der Waals surface area (Å²) < 4.78 is 5.69. The minimum Gasteiger partial charge on any atom is -0.480 e. The van der Waals surface area contributed by atoms with Gasteiger partial charge in [-0.3, -0.25) is 9.69 Å². The third kappa shape index (κ3) is 3.51. The molecule has 2 aromatic carbocycles. The highest BCUT2D eigenvalue weighted by Gasteiger charge is 2.44. The molecule has 2 heterocycles. The van der Waals surface area contributed by atoms with Gasteiger partial charge in [-0.1, -0.05) is 48.5 Å². The molecule has 7 heteroatoms. The number of carbonyl (C=O) groups is 3. The number of piperidine rings is 1. The van der Waals surface area contributed by atoms with Gasteiger partial charge in [0.25, 0.3) is 0 Å². The van der Waals surface area contributed by atoms with E-state index in [2.05, 4.69) is 12.1 Å². The van der Waals surface area contributed by atoms with Crippen LogP contribution in [-0.4, -0.2) is 64.7 Å². The second-order valence-corrected chi connectivity index (χ2v) is 8.74. The van der Waals surface area contributed by atoms with E-state index in [1.165, 1.54) is 4.90 Å². The molecule has 2 saturated heterocycles. The lowest BCUT2D eigenvalue weighted by Gasteiger charge is -2.32. The maximum Gasteiger partial charge on any atom is 0.410 e. The molecule has 0 radical (unpaired) electrons. The molecule has 2 aliphatic heterocycles. The molecule has 2 unspecified atom stereocenters. The van der Waals surface area contributed by atoms with Gasteiger partial charge in [0.05, 0.1) is 6.04 Å². The summed E-state index contributed by atoms with van der Waals surface area (Å²) in [5, 5.41) is 9.70. The number of carboxylic acid groups (broad SMARTS) is 1. The molecule has 3 aliphatic rings. The number of aliphatic carboxylic acids is 1. The molecule has 2 aromatic rings. The number of benzene rings is 2. The minimum absolute atomic E-state index is 0.0415. The summed E-state index contributed by atoms with van der Waals surface area (Å²) in [7, 11) is 0. The van der Waals surface area contributed by atoms with E-state index in [9.17, 15) is 19.5 Å². The fraction of sp³-hybridized carbons (Fsp3) is 0.400. The van der Waals surface area contributed by atoms with E-state index in [4.69, 9.17) is 4.74 Å². The van der Waals surface area contributed by atoms with E-state index in [-0.39, 0.29) is 37.4 Å². The fourth-order valence-electron chi connectivity index (χ4n) is 5.37. The average Bonchev–Trinajstić information content (AvgIpc) is 3.38. The summed E-state index contributed by atoms with van der Waals surface area (Å²) in [6.07, 6.45) is 1.86. The number of ether oxygens (including phenoxy) is 1. The Kier molecular flexibility index (Phi) is 5.33. The zero-order valence-corrected chi connectivity index (χ0v) is 17.8. The fourth-order valence-corrected chi connectivity index (χ4v) is 5.37. The summed E-state index contributed by atoms with van der Waals surface area (Å²) in [6.45, 7) is 0.955. The first kappa shape index (κ1) is 20.5. The SMILES string of the molecule is O=C(O)C1CC(N2CCCCC2=O)CN1C(=O)OCC1c2ccccc2-c2ccccc21. The Morgan fingerprint density at radius 3 is 2.28 bits per heavy atom.